The van der Waals surface area contributed by atoms with Gasteiger partial charge in [-0.05, 0) is 31.1 Å². The van der Waals surface area contributed by atoms with Gasteiger partial charge in [-0.3, -0.25) is 4.79 Å². The molecule has 1 aromatic heterocycles. The third-order valence-electron chi connectivity index (χ3n) is 3.85. The minimum atomic E-state index is -0.0778. The summed E-state index contributed by atoms with van der Waals surface area (Å²) in [6.45, 7) is 4.00. The maximum Gasteiger partial charge on any atom is 0.193 e. The normalized spacial score (nSPS) is 17.2. The van der Waals surface area contributed by atoms with Crippen LogP contribution in [0.2, 0.25) is 0 Å². The van der Waals surface area contributed by atoms with E-state index in [2.05, 4.69) is 0 Å². The maximum atomic E-state index is 12.2. The van der Waals surface area contributed by atoms with Gasteiger partial charge in [-0.15, -0.1) is 0 Å². The quantitative estimate of drug-likeness (QED) is 0.830. The zero-order valence-corrected chi connectivity index (χ0v) is 14.7. The number of fused-ring (bicyclic) bond motifs is 1. The minimum Gasteiger partial charge on any atom is -0.498 e. The molecule has 0 saturated heterocycles. The van der Waals surface area contributed by atoms with E-state index in [9.17, 15) is 4.79 Å². The number of rotatable bonds is 3. The van der Waals surface area contributed by atoms with Crippen molar-refractivity contribution in [3.05, 3.63) is 64.2 Å². The fraction of sp³-hybridized carbons (Fsp3) is 0.350. The fourth-order valence-electron chi connectivity index (χ4n) is 2.68. The molecular weight excluding hydrogens is 304 g/mol. The highest BCUT2D eigenvalue weighted by atomic mass is 16.5. The molecule has 3 rings (SSSR count). The number of ether oxygens (including phenoxy) is 2. The monoisotopic (exact) mass is 328 g/mol. The smallest absolute Gasteiger partial charge is 0.193 e. The first-order chi connectivity index (χ1) is 11.7. The molecule has 1 aliphatic rings. The summed E-state index contributed by atoms with van der Waals surface area (Å²) in [5.74, 6) is 1.29. The second-order valence-corrected chi connectivity index (χ2v) is 5.18. The Balaban J connectivity index is 0.00000100. The molecule has 2 aromatic rings. The van der Waals surface area contributed by atoms with Crippen molar-refractivity contribution < 1.29 is 13.9 Å². The number of allylic oxidation sites excluding steroid dienone is 3. The number of benzene rings is 1. The topological polar surface area (TPSA) is 48.7 Å². The Hall–Kier alpha value is -2.33. The van der Waals surface area contributed by atoms with Crippen LogP contribution in [0.15, 0.2) is 57.5 Å². The van der Waals surface area contributed by atoms with E-state index in [1.807, 2.05) is 38.1 Å². The SMILES string of the molecule is CC.COC1=CC(c2cc(=O)c3ccccc3o2)=CCCC1OC. The average Bonchev–Trinajstić information content (AvgIpc) is 2.85. The molecular formula is C20H24O4. The minimum absolute atomic E-state index is 0.0438. The second kappa shape index (κ2) is 8.50. The largest absolute Gasteiger partial charge is 0.498 e. The van der Waals surface area contributed by atoms with Crippen LogP contribution in [0.3, 0.4) is 0 Å². The first kappa shape index (κ1) is 18.0. The molecule has 1 heterocycles. The van der Waals surface area contributed by atoms with Crippen LogP contribution in [0.5, 0.6) is 0 Å². The lowest BCUT2D eigenvalue weighted by molar-refractivity contribution is 0.0744. The van der Waals surface area contributed by atoms with Crippen molar-refractivity contribution in [1.82, 2.24) is 0 Å². The van der Waals surface area contributed by atoms with Crippen LogP contribution in [-0.2, 0) is 9.47 Å². The van der Waals surface area contributed by atoms with Crippen LogP contribution in [0, 0.1) is 0 Å². The van der Waals surface area contributed by atoms with Crippen LogP contribution in [-0.4, -0.2) is 20.3 Å². The van der Waals surface area contributed by atoms with Crippen LogP contribution in [0.1, 0.15) is 32.4 Å². The van der Waals surface area contributed by atoms with Gasteiger partial charge in [0.25, 0.3) is 0 Å². The van der Waals surface area contributed by atoms with Crippen molar-refractivity contribution in [1.29, 1.82) is 0 Å². The molecule has 4 heteroatoms. The summed E-state index contributed by atoms with van der Waals surface area (Å²) in [7, 11) is 3.29. The van der Waals surface area contributed by atoms with Gasteiger partial charge in [0.05, 0.1) is 12.5 Å². The van der Waals surface area contributed by atoms with Gasteiger partial charge in [0.1, 0.15) is 23.2 Å². The van der Waals surface area contributed by atoms with Gasteiger partial charge in [0.15, 0.2) is 5.43 Å². The second-order valence-electron chi connectivity index (χ2n) is 5.18. The molecule has 0 spiro atoms. The van der Waals surface area contributed by atoms with Gasteiger partial charge < -0.3 is 13.9 Å². The third kappa shape index (κ3) is 3.77. The Labute approximate surface area is 142 Å². The summed E-state index contributed by atoms with van der Waals surface area (Å²) in [5.41, 5.74) is 1.39. The Morgan fingerprint density at radius 1 is 1.17 bits per heavy atom. The average molecular weight is 328 g/mol. The molecule has 1 aliphatic carbocycles. The highest BCUT2D eigenvalue weighted by Gasteiger charge is 2.19. The highest BCUT2D eigenvalue weighted by Crippen LogP contribution is 2.27. The Kier molecular flexibility index (Phi) is 6.38. The third-order valence-corrected chi connectivity index (χ3v) is 3.85. The Bertz CT molecular complexity index is 799. The number of hydrogen-bond donors (Lipinski definition) is 0. The van der Waals surface area contributed by atoms with E-state index >= 15 is 0 Å². The predicted octanol–water partition coefficient (Wildman–Crippen LogP) is 4.54. The van der Waals surface area contributed by atoms with Crippen LogP contribution in [0.4, 0.5) is 0 Å². The molecule has 24 heavy (non-hydrogen) atoms. The summed E-state index contributed by atoms with van der Waals surface area (Å²) in [6, 6.07) is 8.79. The summed E-state index contributed by atoms with van der Waals surface area (Å²) >= 11 is 0. The summed E-state index contributed by atoms with van der Waals surface area (Å²) in [4.78, 5) is 12.2. The van der Waals surface area contributed by atoms with Crippen molar-refractivity contribution in [2.75, 3.05) is 14.2 Å². The Morgan fingerprint density at radius 3 is 2.62 bits per heavy atom. The van der Waals surface area contributed by atoms with Gasteiger partial charge in [-0.2, -0.15) is 0 Å². The van der Waals surface area contributed by atoms with E-state index in [-0.39, 0.29) is 11.5 Å². The number of methoxy groups -OCH3 is 2. The van der Waals surface area contributed by atoms with Crippen LogP contribution < -0.4 is 5.43 Å². The van der Waals surface area contributed by atoms with Gasteiger partial charge in [-0.1, -0.05) is 32.1 Å². The molecule has 1 atom stereocenters. The molecule has 0 radical (unpaired) electrons. The van der Waals surface area contributed by atoms with Crippen LogP contribution >= 0.6 is 0 Å². The molecule has 4 nitrogen and oxygen atoms in total. The summed E-state index contributed by atoms with van der Waals surface area (Å²) < 4.78 is 16.7. The van der Waals surface area contributed by atoms with E-state index in [0.717, 1.165) is 24.2 Å². The lowest BCUT2D eigenvalue weighted by Gasteiger charge is -2.15. The van der Waals surface area contributed by atoms with Crippen molar-refractivity contribution >= 4 is 16.5 Å². The molecule has 0 amide bonds. The molecule has 0 aliphatic heterocycles. The van der Waals surface area contributed by atoms with Crippen molar-refractivity contribution in [3.63, 3.8) is 0 Å². The van der Waals surface area contributed by atoms with E-state index < -0.39 is 0 Å². The molecule has 1 aromatic carbocycles. The standard InChI is InChI=1S/C18H18O4.C2H6/c1-20-16-9-5-6-12(10-18(16)21-2)17-11-14(19)13-7-3-4-8-15(13)22-17;1-2/h3-4,6-8,10-11,16H,5,9H2,1-2H3;1-2H3. The first-order valence-electron chi connectivity index (χ1n) is 8.24. The van der Waals surface area contributed by atoms with Crippen molar-refractivity contribution in [2.45, 2.75) is 32.8 Å². The van der Waals surface area contributed by atoms with Crippen molar-refractivity contribution in [3.8, 4) is 0 Å². The zero-order chi connectivity index (χ0) is 17.5. The van der Waals surface area contributed by atoms with E-state index in [0.29, 0.717) is 16.7 Å². The van der Waals surface area contributed by atoms with E-state index in [4.69, 9.17) is 13.9 Å². The maximum absolute atomic E-state index is 12.2. The lowest BCUT2D eigenvalue weighted by atomic mass is 10.1. The van der Waals surface area contributed by atoms with Gasteiger partial charge in [0, 0.05) is 18.7 Å². The van der Waals surface area contributed by atoms with Gasteiger partial charge in [0.2, 0.25) is 0 Å². The molecule has 0 saturated carbocycles. The zero-order valence-electron chi connectivity index (χ0n) is 14.7. The Morgan fingerprint density at radius 2 is 1.92 bits per heavy atom. The fourth-order valence-corrected chi connectivity index (χ4v) is 2.68. The summed E-state index contributed by atoms with van der Waals surface area (Å²) in [6.07, 6.45) is 5.51. The van der Waals surface area contributed by atoms with Gasteiger partial charge in [-0.25, -0.2) is 0 Å². The number of hydrogen-bond acceptors (Lipinski definition) is 4. The molecule has 0 N–H and O–H groups in total. The van der Waals surface area contributed by atoms with Crippen molar-refractivity contribution in [2.24, 2.45) is 0 Å². The molecule has 128 valence electrons. The van der Waals surface area contributed by atoms with Gasteiger partial charge >= 0.3 is 0 Å². The number of para-hydroxylation sites is 1. The van der Waals surface area contributed by atoms with E-state index in [1.165, 1.54) is 6.07 Å². The lowest BCUT2D eigenvalue weighted by Crippen LogP contribution is -2.14. The summed E-state index contributed by atoms with van der Waals surface area (Å²) in [5, 5.41) is 0.589. The molecule has 0 bridgehead atoms. The first-order valence-corrected chi connectivity index (χ1v) is 8.24. The predicted molar refractivity (Wildman–Crippen MR) is 96.9 cm³/mol. The molecule has 0 fully saturated rings. The highest BCUT2D eigenvalue weighted by molar-refractivity contribution is 5.80. The van der Waals surface area contributed by atoms with Crippen LogP contribution in [0.25, 0.3) is 16.5 Å². The van der Waals surface area contributed by atoms with E-state index in [1.54, 1.807) is 26.4 Å². The molecule has 1 unspecified atom stereocenters.